The van der Waals surface area contributed by atoms with Gasteiger partial charge < -0.3 is 0 Å². The molecule has 0 atom stereocenters. The topological polar surface area (TPSA) is 25.8 Å². The summed E-state index contributed by atoms with van der Waals surface area (Å²) < 4.78 is 3.98. The molecule has 2 nitrogen and oxygen atoms in total. The van der Waals surface area contributed by atoms with Gasteiger partial charge in [-0.2, -0.15) is 4.37 Å². The van der Waals surface area contributed by atoms with E-state index in [9.17, 15) is 0 Å². The van der Waals surface area contributed by atoms with Crippen LogP contribution in [0.5, 0.6) is 0 Å². The lowest BCUT2D eigenvalue weighted by atomic mass is 10.4. The van der Waals surface area contributed by atoms with Gasteiger partial charge in [0.05, 0.1) is 6.20 Å². The average molecular weight is 136 g/mol. The molecule has 0 amide bonds. The Morgan fingerprint density at radius 2 is 2.44 bits per heavy atom. The third-order valence-electron chi connectivity index (χ3n) is 1.13. The minimum atomic E-state index is 1.01. The predicted molar refractivity (Wildman–Crippen MR) is 37.4 cm³/mol. The molecule has 0 saturated carbocycles. The van der Waals surface area contributed by atoms with Gasteiger partial charge in [-0.15, -0.1) is 0 Å². The Kier molecular flexibility index (Phi) is 0.960. The van der Waals surface area contributed by atoms with E-state index in [1.54, 1.807) is 6.20 Å². The van der Waals surface area contributed by atoms with Gasteiger partial charge in [-0.25, -0.2) is 4.98 Å². The van der Waals surface area contributed by atoms with Gasteiger partial charge in [0, 0.05) is 11.6 Å². The van der Waals surface area contributed by atoms with Crippen LogP contribution >= 0.6 is 11.5 Å². The summed E-state index contributed by atoms with van der Waals surface area (Å²) in [5.74, 6) is 0. The third-order valence-corrected chi connectivity index (χ3v) is 1.86. The van der Waals surface area contributed by atoms with Crippen LogP contribution in [0.1, 0.15) is 0 Å². The van der Waals surface area contributed by atoms with Crippen LogP contribution < -0.4 is 0 Å². The van der Waals surface area contributed by atoms with Gasteiger partial charge in [0.25, 0.3) is 0 Å². The van der Waals surface area contributed by atoms with Gasteiger partial charge in [-0.1, -0.05) is 0 Å². The molecule has 0 aromatic carbocycles. The van der Waals surface area contributed by atoms with Crippen molar-refractivity contribution in [2.75, 3.05) is 0 Å². The Hall–Kier alpha value is -0.960. The Labute approximate surface area is 56.3 Å². The highest BCUT2D eigenvalue weighted by molar-refractivity contribution is 7.12. The predicted octanol–water partition coefficient (Wildman–Crippen LogP) is 1.69. The van der Waals surface area contributed by atoms with Crippen LogP contribution in [0.3, 0.4) is 0 Å². The van der Waals surface area contributed by atoms with Gasteiger partial charge in [-0.3, -0.25) is 0 Å². The molecule has 2 aromatic rings. The van der Waals surface area contributed by atoms with Gasteiger partial charge >= 0.3 is 0 Å². The van der Waals surface area contributed by atoms with Gasteiger partial charge in [0.15, 0.2) is 0 Å². The minimum absolute atomic E-state index is 1.01. The van der Waals surface area contributed by atoms with Gasteiger partial charge in [0.1, 0.15) is 4.83 Å². The normalized spacial score (nSPS) is 10.2. The smallest absolute Gasteiger partial charge is 0.143 e. The maximum absolute atomic E-state index is 4.10. The first-order valence-electron chi connectivity index (χ1n) is 2.62. The number of aromatic nitrogens is 2. The monoisotopic (exact) mass is 136 g/mol. The molecule has 0 aliphatic heterocycles. The zero-order chi connectivity index (χ0) is 6.10. The van der Waals surface area contributed by atoms with Crippen molar-refractivity contribution < 1.29 is 0 Å². The summed E-state index contributed by atoms with van der Waals surface area (Å²) in [5.41, 5.74) is 0. The summed E-state index contributed by atoms with van der Waals surface area (Å²) >= 11 is 1.43. The minimum Gasteiger partial charge on any atom is -0.244 e. The molecule has 9 heavy (non-hydrogen) atoms. The fourth-order valence-electron chi connectivity index (χ4n) is 0.711. The molecule has 0 saturated heterocycles. The fraction of sp³-hybridized carbons (Fsp3) is 0. The molecule has 0 fully saturated rings. The summed E-state index contributed by atoms with van der Waals surface area (Å²) in [5, 5.41) is 1.13. The summed E-state index contributed by atoms with van der Waals surface area (Å²) in [6, 6.07) is 3.92. The van der Waals surface area contributed by atoms with E-state index < -0.39 is 0 Å². The Morgan fingerprint density at radius 3 is 3.33 bits per heavy atom. The molecule has 0 bridgehead atoms. The standard InChI is InChI=1S/C6H4N2S/c1-2-5-4-8-9-6(5)7-3-1/h1-4H. The molecule has 44 valence electrons. The van der Waals surface area contributed by atoms with Crippen molar-refractivity contribution in [3.63, 3.8) is 0 Å². The summed E-state index contributed by atoms with van der Waals surface area (Å²) in [6.07, 6.45) is 3.60. The van der Waals surface area contributed by atoms with Crippen molar-refractivity contribution in [3.8, 4) is 0 Å². The van der Waals surface area contributed by atoms with Crippen molar-refractivity contribution in [3.05, 3.63) is 24.5 Å². The first-order valence-corrected chi connectivity index (χ1v) is 3.39. The molecule has 0 N–H and O–H groups in total. The highest BCUT2D eigenvalue weighted by atomic mass is 32.1. The van der Waals surface area contributed by atoms with Crippen molar-refractivity contribution in [2.24, 2.45) is 0 Å². The highest BCUT2D eigenvalue weighted by Crippen LogP contribution is 2.12. The molecule has 0 aliphatic rings. The number of rotatable bonds is 0. The quantitative estimate of drug-likeness (QED) is 0.550. The molecule has 0 aliphatic carbocycles. The zero-order valence-corrected chi connectivity index (χ0v) is 5.43. The van der Waals surface area contributed by atoms with E-state index in [0.29, 0.717) is 0 Å². The van der Waals surface area contributed by atoms with Crippen LogP contribution in [0.25, 0.3) is 10.2 Å². The van der Waals surface area contributed by atoms with Crippen LogP contribution in [0.2, 0.25) is 0 Å². The Bertz CT molecular complexity index is 285. The SMILES string of the molecule is c1cnc2sncc2c1. The van der Waals surface area contributed by atoms with Crippen molar-refractivity contribution in [1.82, 2.24) is 9.36 Å². The number of nitrogens with zero attached hydrogens (tertiary/aromatic N) is 2. The second kappa shape index (κ2) is 1.77. The second-order valence-electron chi connectivity index (χ2n) is 1.72. The van der Waals surface area contributed by atoms with Gasteiger partial charge in [0.2, 0.25) is 0 Å². The first-order chi connectivity index (χ1) is 4.47. The fourth-order valence-corrected chi connectivity index (χ4v) is 1.31. The van der Waals surface area contributed by atoms with Crippen molar-refractivity contribution >= 4 is 21.7 Å². The third kappa shape index (κ3) is 0.695. The lowest BCUT2D eigenvalue weighted by Crippen LogP contribution is -1.65. The molecule has 0 unspecified atom stereocenters. The van der Waals surface area contributed by atoms with E-state index in [-0.39, 0.29) is 0 Å². The highest BCUT2D eigenvalue weighted by Gasteiger charge is 1.91. The maximum Gasteiger partial charge on any atom is 0.143 e. The molecule has 3 heteroatoms. The van der Waals surface area contributed by atoms with Gasteiger partial charge in [-0.05, 0) is 23.7 Å². The van der Waals surface area contributed by atoms with E-state index in [2.05, 4.69) is 9.36 Å². The Balaban J connectivity index is 2.95. The number of hydrogen-bond acceptors (Lipinski definition) is 3. The van der Waals surface area contributed by atoms with Crippen LogP contribution in [0, 0.1) is 0 Å². The number of hydrogen-bond donors (Lipinski definition) is 0. The van der Waals surface area contributed by atoms with Crippen molar-refractivity contribution in [1.29, 1.82) is 0 Å². The summed E-state index contributed by atoms with van der Waals surface area (Å²) in [4.78, 5) is 5.11. The molecule has 0 spiro atoms. The van der Waals surface area contributed by atoms with E-state index in [1.165, 1.54) is 11.5 Å². The lowest BCUT2D eigenvalue weighted by molar-refractivity contribution is 1.45. The van der Waals surface area contributed by atoms with Crippen molar-refractivity contribution in [2.45, 2.75) is 0 Å². The van der Waals surface area contributed by atoms with Crippen LogP contribution in [-0.4, -0.2) is 9.36 Å². The molecule has 2 heterocycles. The Morgan fingerprint density at radius 1 is 1.44 bits per heavy atom. The molecule has 2 rings (SSSR count). The molecule has 0 radical (unpaired) electrons. The first kappa shape index (κ1) is 4.88. The molecular formula is C6H4N2S. The summed E-state index contributed by atoms with van der Waals surface area (Å²) in [7, 11) is 0. The maximum atomic E-state index is 4.10. The number of fused-ring (bicyclic) bond motifs is 1. The lowest BCUT2D eigenvalue weighted by Gasteiger charge is -1.79. The van der Waals surface area contributed by atoms with E-state index in [0.717, 1.165) is 10.2 Å². The van der Waals surface area contributed by atoms with Crippen LogP contribution in [0.15, 0.2) is 24.5 Å². The molecule has 2 aromatic heterocycles. The van der Waals surface area contributed by atoms with E-state index in [1.807, 2.05) is 18.3 Å². The van der Waals surface area contributed by atoms with Crippen LogP contribution in [0.4, 0.5) is 0 Å². The average Bonchev–Trinajstić information content (AvgIpc) is 2.33. The largest absolute Gasteiger partial charge is 0.244 e. The van der Waals surface area contributed by atoms with Crippen LogP contribution in [-0.2, 0) is 0 Å². The van der Waals surface area contributed by atoms with E-state index >= 15 is 0 Å². The molecular weight excluding hydrogens is 132 g/mol. The zero-order valence-electron chi connectivity index (χ0n) is 4.61. The van der Waals surface area contributed by atoms with E-state index in [4.69, 9.17) is 0 Å². The summed E-state index contributed by atoms with van der Waals surface area (Å²) in [6.45, 7) is 0. The number of pyridine rings is 1. The second-order valence-corrected chi connectivity index (χ2v) is 2.50.